The predicted molar refractivity (Wildman–Crippen MR) is 55.6 cm³/mol. The summed E-state index contributed by atoms with van der Waals surface area (Å²) in [4.78, 5) is 4.12. The Kier molecular flexibility index (Phi) is 3.06. The van der Waals surface area contributed by atoms with E-state index in [4.69, 9.17) is 0 Å². The molecule has 17 heavy (non-hydrogen) atoms. The number of rotatable bonds is 3. The Labute approximate surface area is 95.8 Å². The number of ether oxygens (including phenoxy) is 1. The summed E-state index contributed by atoms with van der Waals surface area (Å²) in [6.07, 6.45) is -0.848. The summed E-state index contributed by atoms with van der Waals surface area (Å²) in [6, 6.07) is 3.46. The average Bonchev–Trinajstić information content (AvgIpc) is 2.59. The Bertz CT molecular complexity index is 519. The molecule has 6 heteroatoms. The highest BCUT2D eigenvalue weighted by atomic mass is 19.4. The molecule has 0 N–H and O–H groups in total. The fraction of sp³-hybridized carbons (Fsp3) is 0.364. The SMILES string of the molecule is Cc1cnc2ccc(COCC(F)(F)F)cn12. The van der Waals surface area contributed by atoms with Crippen LogP contribution in [0, 0.1) is 6.92 Å². The van der Waals surface area contributed by atoms with Gasteiger partial charge in [0.05, 0.1) is 6.61 Å². The molecule has 0 radical (unpaired) electrons. The highest BCUT2D eigenvalue weighted by Crippen LogP contribution is 2.16. The van der Waals surface area contributed by atoms with Crippen LogP contribution in [0.15, 0.2) is 24.5 Å². The van der Waals surface area contributed by atoms with Crippen molar-refractivity contribution in [2.75, 3.05) is 6.61 Å². The van der Waals surface area contributed by atoms with E-state index in [0.717, 1.165) is 11.3 Å². The lowest BCUT2D eigenvalue weighted by molar-refractivity contribution is -0.176. The first-order valence-electron chi connectivity index (χ1n) is 5.03. The molecular formula is C11H11F3N2O. The Balaban J connectivity index is 2.06. The summed E-state index contributed by atoms with van der Waals surface area (Å²) < 4.78 is 42.1. The van der Waals surface area contributed by atoms with Gasteiger partial charge in [-0.25, -0.2) is 4.98 Å². The molecule has 2 heterocycles. The zero-order valence-electron chi connectivity index (χ0n) is 9.16. The van der Waals surface area contributed by atoms with Crippen LogP contribution in [0.25, 0.3) is 5.65 Å². The normalized spacial score (nSPS) is 12.2. The average molecular weight is 244 g/mol. The third kappa shape index (κ3) is 2.97. The molecule has 2 aromatic heterocycles. The maximum absolute atomic E-state index is 11.9. The molecule has 0 aliphatic carbocycles. The van der Waals surface area contributed by atoms with Crippen LogP contribution in [-0.2, 0) is 11.3 Å². The molecule has 0 atom stereocenters. The van der Waals surface area contributed by atoms with E-state index in [1.807, 2.05) is 11.3 Å². The van der Waals surface area contributed by atoms with E-state index in [-0.39, 0.29) is 6.61 Å². The van der Waals surface area contributed by atoms with Crippen molar-refractivity contribution in [1.82, 2.24) is 9.38 Å². The fourth-order valence-corrected chi connectivity index (χ4v) is 1.52. The molecule has 0 fully saturated rings. The van der Waals surface area contributed by atoms with Gasteiger partial charge in [0, 0.05) is 18.1 Å². The van der Waals surface area contributed by atoms with E-state index in [1.165, 1.54) is 0 Å². The molecule has 0 aromatic carbocycles. The molecule has 3 nitrogen and oxygen atoms in total. The van der Waals surface area contributed by atoms with Crippen LogP contribution in [0.1, 0.15) is 11.3 Å². The molecule has 0 saturated carbocycles. The fourth-order valence-electron chi connectivity index (χ4n) is 1.52. The number of hydrogen-bond donors (Lipinski definition) is 0. The molecule has 0 unspecified atom stereocenters. The molecule has 0 bridgehead atoms. The molecule has 0 spiro atoms. The van der Waals surface area contributed by atoms with Gasteiger partial charge < -0.3 is 9.14 Å². The van der Waals surface area contributed by atoms with Crippen LogP contribution in [-0.4, -0.2) is 22.2 Å². The molecule has 2 rings (SSSR count). The number of imidazole rings is 1. The van der Waals surface area contributed by atoms with E-state index in [2.05, 4.69) is 9.72 Å². The Hall–Kier alpha value is -1.56. The van der Waals surface area contributed by atoms with Crippen molar-refractivity contribution < 1.29 is 17.9 Å². The first-order valence-corrected chi connectivity index (χ1v) is 5.03. The van der Waals surface area contributed by atoms with E-state index in [9.17, 15) is 13.2 Å². The summed E-state index contributed by atoms with van der Waals surface area (Å²) >= 11 is 0. The molecule has 0 saturated heterocycles. The van der Waals surface area contributed by atoms with Gasteiger partial charge in [0.15, 0.2) is 0 Å². The van der Waals surface area contributed by atoms with Gasteiger partial charge in [-0.3, -0.25) is 0 Å². The summed E-state index contributed by atoms with van der Waals surface area (Å²) in [5.41, 5.74) is 2.38. The minimum absolute atomic E-state index is 0.0624. The van der Waals surface area contributed by atoms with Crippen molar-refractivity contribution in [3.63, 3.8) is 0 Å². The highest BCUT2D eigenvalue weighted by Gasteiger charge is 2.27. The van der Waals surface area contributed by atoms with Gasteiger partial charge in [0.25, 0.3) is 0 Å². The summed E-state index contributed by atoms with van der Waals surface area (Å²) in [7, 11) is 0. The van der Waals surface area contributed by atoms with E-state index in [1.54, 1.807) is 24.5 Å². The maximum Gasteiger partial charge on any atom is 0.411 e. The predicted octanol–water partition coefficient (Wildman–Crippen LogP) is 2.72. The van der Waals surface area contributed by atoms with Gasteiger partial charge in [-0.2, -0.15) is 13.2 Å². The number of aryl methyl sites for hydroxylation is 1. The van der Waals surface area contributed by atoms with Crippen LogP contribution < -0.4 is 0 Å². The van der Waals surface area contributed by atoms with Crippen molar-refractivity contribution >= 4 is 5.65 Å². The Morgan fingerprint density at radius 2 is 2.12 bits per heavy atom. The second kappa shape index (κ2) is 4.37. The van der Waals surface area contributed by atoms with Gasteiger partial charge >= 0.3 is 6.18 Å². The van der Waals surface area contributed by atoms with Crippen molar-refractivity contribution in [3.05, 3.63) is 35.8 Å². The van der Waals surface area contributed by atoms with Crippen LogP contribution in [0.2, 0.25) is 0 Å². The second-order valence-corrected chi connectivity index (χ2v) is 3.77. The van der Waals surface area contributed by atoms with Crippen molar-refractivity contribution in [2.24, 2.45) is 0 Å². The smallest absolute Gasteiger partial charge is 0.367 e. The van der Waals surface area contributed by atoms with Crippen LogP contribution in [0.5, 0.6) is 0 Å². The number of aromatic nitrogens is 2. The highest BCUT2D eigenvalue weighted by molar-refractivity contribution is 5.41. The molecule has 92 valence electrons. The number of fused-ring (bicyclic) bond motifs is 1. The number of alkyl halides is 3. The number of nitrogens with zero attached hydrogens (tertiary/aromatic N) is 2. The Morgan fingerprint density at radius 3 is 2.82 bits per heavy atom. The lowest BCUT2D eigenvalue weighted by Gasteiger charge is -2.08. The standard InChI is InChI=1S/C11H11F3N2O/c1-8-4-15-10-3-2-9(5-16(8)10)6-17-7-11(12,13)14/h2-5H,6-7H2,1H3. The maximum atomic E-state index is 11.9. The first-order chi connectivity index (χ1) is 7.96. The van der Waals surface area contributed by atoms with E-state index < -0.39 is 12.8 Å². The number of halogens is 3. The summed E-state index contributed by atoms with van der Waals surface area (Å²) in [5, 5.41) is 0. The molecule has 0 aliphatic rings. The van der Waals surface area contributed by atoms with E-state index in [0.29, 0.717) is 5.56 Å². The largest absolute Gasteiger partial charge is 0.411 e. The van der Waals surface area contributed by atoms with Crippen LogP contribution in [0.4, 0.5) is 13.2 Å². The molecule has 0 aliphatic heterocycles. The van der Waals surface area contributed by atoms with Gasteiger partial charge in [-0.1, -0.05) is 6.07 Å². The van der Waals surface area contributed by atoms with Crippen molar-refractivity contribution in [1.29, 1.82) is 0 Å². The quantitative estimate of drug-likeness (QED) is 0.829. The molecule has 2 aromatic rings. The van der Waals surface area contributed by atoms with Gasteiger partial charge in [-0.15, -0.1) is 0 Å². The van der Waals surface area contributed by atoms with Gasteiger partial charge in [0.2, 0.25) is 0 Å². The van der Waals surface area contributed by atoms with Crippen LogP contribution in [0.3, 0.4) is 0 Å². The first kappa shape index (κ1) is 11.9. The third-order valence-corrected chi connectivity index (χ3v) is 2.29. The number of pyridine rings is 1. The van der Waals surface area contributed by atoms with E-state index >= 15 is 0 Å². The lowest BCUT2D eigenvalue weighted by Crippen LogP contribution is -2.16. The van der Waals surface area contributed by atoms with Crippen molar-refractivity contribution in [2.45, 2.75) is 19.7 Å². The monoisotopic (exact) mass is 244 g/mol. The lowest BCUT2D eigenvalue weighted by atomic mass is 10.3. The third-order valence-electron chi connectivity index (χ3n) is 2.29. The zero-order chi connectivity index (χ0) is 12.5. The topological polar surface area (TPSA) is 26.5 Å². The van der Waals surface area contributed by atoms with Crippen molar-refractivity contribution in [3.8, 4) is 0 Å². The zero-order valence-corrected chi connectivity index (χ0v) is 9.16. The van der Waals surface area contributed by atoms with Gasteiger partial charge in [0.1, 0.15) is 12.3 Å². The Morgan fingerprint density at radius 1 is 1.35 bits per heavy atom. The summed E-state index contributed by atoms with van der Waals surface area (Å²) in [5.74, 6) is 0. The summed E-state index contributed by atoms with van der Waals surface area (Å²) in [6.45, 7) is 0.585. The number of hydrogen-bond acceptors (Lipinski definition) is 2. The molecule has 0 amide bonds. The second-order valence-electron chi connectivity index (χ2n) is 3.77. The van der Waals surface area contributed by atoms with Gasteiger partial charge in [-0.05, 0) is 18.6 Å². The van der Waals surface area contributed by atoms with Crippen LogP contribution >= 0.6 is 0 Å². The minimum atomic E-state index is -4.28. The minimum Gasteiger partial charge on any atom is -0.367 e. The molecular weight excluding hydrogens is 233 g/mol.